The number of fused-ring (bicyclic) bond motifs is 1. The summed E-state index contributed by atoms with van der Waals surface area (Å²) in [5.74, 6) is -0.241. The summed E-state index contributed by atoms with van der Waals surface area (Å²) in [6, 6.07) is 10.7. The van der Waals surface area contributed by atoms with Crippen LogP contribution in [0.1, 0.15) is 23.7 Å². The Morgan fingerprint density at radius 3 is 2.67 bits per heavy atom. The minimum absolute atomic E-state index is 0.00692. The van der Waals surface area contributed by atoms with E-state index in [0.717, 1.165) is 5.39 Å². The molecule has 0 saturated carbocycles. The number of thiocarbonyl (C=S) groups is 1. The number of carbonyl (C=O) groups is 1. The first-order valence-electron chi connectivity index (χ1n) is 6.68. The third-order valence-electron chi connectivity index (χ3n) is 3.61. The van der Waals surface area contributed by atoms with Gasteiger partial charge in [-0.05, 0) is 18.4 Å². The molecule has 2 aromatic carbocycles. The molecular formula is C16H18N2O2S. The molecule has 0 aliphatic rings. The number of hydrogen-bond donors (Lipinski definition) is 2. The lowest BCUT2D eigenvalue weighted by Crippen LogP contribution is -2.37. The normalized spacial score (nSPS) is 12.1. The highest BCUT2D eigenvalue weighted by Gasteiger charge is 2.21. The van der Waals surface area contributed by atoms with Crippen LogP contribution in [0.15, 0.2) is 36.4 Å². The predicted octanol–water partition coefficient (Wildman–Crippen LogP) is 2.68. The van der Waals surface area contributed by atoms with Gasteiger partial charge in [-0.15, -0.1) is 0 Å². The summed E-state index contributed by atoms with van der Waals surface area (Å²) in [6.45, 7) is 1.87. The van der Waals surface area contributed by atoms with E-state index in [1.807, 2.05) is 31.2 Å². The number of carbonyl (C=O) groups excluding carboxylic acids is 1. The number of phenolic OH excluding ortho intramolecular Hbond substituents is 1. The van der Waals surface area contributed by atoms with Crippen LogP contribution in [0.2, 0.25) is 0 Å². The number of amides is 1. The fourth-order valence-electron chi connectivity index (χ4n) is 2.25. The molecular weight excluding hydrogens is 284 g/mol. The molecule has 0 fully saturated rings. The Kier molecular flexibility index (Phi) is 4.43. The Morgan fingerprint density at radius 1 is 1.33 bits per heavy atom. The molecule has 0 spiro atoms. The largest absolute Gasteiger partial charge is 0.506 e. The van der Waals surface area contributed by atoms with Gasteiger partial charge >= 0.3 is 0 Å². The zero-order valence-electron chi connectivity index (χ0n) is 12.0. The molecule has 2 rings (SSSR count). The highest BCUT2D eigenvalue weighted by atomic mass is 32.1. The van der Waals surface area contributed by atoms with Crippen LogP contribution in [0.5, 0.6) is 5.75 Å². The van der Waals surface area contributed by atoms with Gasteiger partial charge in [0.2, 0.25) is 0 Å². The lowest BCUT2D eigenvalue weighted by Gasteiger charge is -2.25. The zero-order chi connectivity index (χ0) is 15.6. The van der Waals surface area contributed by atoms with E-state index in [2.05, 4.69) is 0 Å². The van der Waals surface area contributed by atoms with Crippen molar-refractivity contribution in [1.82, 2.24) is 4.90 Å². The Labute approximate surface area is 129 Å². The van der Waals surface area contributed by atoms with Crippen molar-refractivity contribution in [2.45, 2.75) is 19.4 Å². The molecule has 0 aliphatic carbocycles. The number of benzene rings is 2. The molecule has 0 aromatic heterocycles. The fraction of sp³-hybridized carbons (Fsp3) is 0.250. The van der Waals surface area contributed by atoms with Gasteiger partial charge in [0, 0.05) is 24.9 Å². The van der Waals surface area contributed by atoms with E-state index in [1.54, 1.807) is 24.1 Å². The SMILES string of the molecule is CC(CC(N)=S)N(C)C(=O)c1ccc2ccccc2c1O. The van der Waals surface area contributed by atoms with Crippen molar-refractivity contribution in [3.63, 3.8) is 0 Å². The van der Waals surface area contributed by atoms with E-state index < -0.39 is 0 Å². The summed E-state index contributed by atoms with van der Waals surface area (Å²) < 4.78 is 0. The number of aromatic hydroxyl groups is 1. The van der Waals surface area contributed by atoms with Gasteiger partial charge in [-0.3, -0.25) is 4.79 Å². The summed E-state index contributed by atoms with van der Waals surface area (Å²) >= 11 is 4.87. The van der Waals surface area contributed by atoms with Crippen LogP contribution >= 0.6 is 12.2 Å². The van der Waals surface area contributed by atoms with Gasteiger partial charge in [-0.25, -0.2) is 0 Å². The van der Waals surface area contributed by atoms with Gasteiger partial charge in [0.05, 0.1) is 10.6 Å². The lowest BCUT2D eigenvalue weighted by molar-refractivity contribution is 0.0745. The van der Waals surface area contributed by atoms with Crippen LogP contribution in [0.25, 0.3) is 10.8 Å². The van der Waals surface area contributed by atoms with Crippen molar-refractivity contribution < 1.29 is 9.90 Å². The van der Waals surface area contributed by atoms with Crippen molar-refractivity contribution in [1.29, 1.82) is 0 Å². The van der Waals surface area contributed by atoms with Gasteiger partial charge in [-0.2, -0.15) is 0 Å². The first kappa shape index (κ1) is 15.3. The van der Waals surface area contributed by atoms with Gasteiger partial charge in [0.1, 0.15) is 5.75 Å². The van der Waals surface area contributed by atoms with E-state index >= 15 is 0 Å². The molecule has 0 saturated heterocycles. The maximum atomic E-state index is 12.5. The van der Waals surface area contributed by atoms with Crippen molar-refractivity contribution in [3.05, 3.63) is 42.0 Å². The summed E-state index contributed by atoms with van der Waals surface area (Å²) in [6.07, 6.45) is 0.450. The van der Waals surface area contributed by atoms with Crippen molar-refractivity contribution in [2.75, 3.05) is 7.05 Å². The number of phenols is 1. The summed E-state index contributed by atoms with van der Waals surface area (Å²) in [7, 11) is 1.68. The summed E-state index contributed by atoms with van der Waals surface area (Å²) in [4.78, 5) is 14.4. The Morgan fingerprint density at radius 2 is 2.00 bits per heavy atom. The van der Waals surface area contributed by atoms with Crippen molar-refractivity contribution in [2.24, 2.45) is 5.73 Å². The summed E-state index contributed by atoms with van der Waals surface area (Å²) in [5.41, 5.74) is 5.80. The highest BCUT2D eigenvalue weighted by molar-refractivity contribution is 7.80. The smallest absolute Gasteiger partial charge is 0.257 e. The standard InChI is InChI=1S/C16H18N2O2S/c1-10(9-14(17)21)18(2)16(20)13-8-7-11-5-3-4-6-12(11)15(13)19/h3-8,10,19H,9H2,1-2H3,(H2,17,21). The predicted molar refractivity (Wildman–Crippen MR) is 88.6 cm³/mol. The molecule has 1 unspecified atom stereocenters. The molecule has 1 atom stereocenters. The van der Waals surface area contributed by atoms with Crippen molar-refractivity contribution in [3.8, 4) is 5.75 Å². The average molecular weight is 302 g/mol. The maximum absolute atomic E-state index is 12.5. The molecule has 0 heterocycles. The number of nitrogens with zero attached hydrogens (tertiary/aromatic N) is 1. The number of hydrogen-bond acceptors (Lipinski definition) is 3. The Balaban J connectivity index is 2.35. The second-order valence-corrected chi connectivity index (χ2v) is 5.64. The quantitative estimate of drug-likeness (QED) is 0.852. The van der Waals surface area contributed by atoms with Crippen LogP contribution in [-0.4, -0.2) is 34.0 Å². The van der Waals surface area contributed by atoms with Crippen LogP contribution in [0.3, 0.4) is 0 Å². The van der Waals surface area contributed by atoms with Crippen molar-refractivity contribution >= 4 is 33.9 Å². The molecule has 2 aromatic rings. The molecule has 0 bridgehead atoms. The topological polar surface area (TPSA) is 66.6 Å². The molecule has 4 nitrogen and oxygen atoms in total. The number of rotatable bonds is 4. The molecule has 0 aliphatic heterocycles. The van der Waals surface area contributed by atoms with Gasteiger partial charge in [0.15, 0.2) is 0 Å². The van der Waals surface area contributed by atoms with E-state index in [4.69, 9.17) is 18.0 Å². The van der Waals surface area contributed by atoms with E-state index in [9.17, 15) is 9.90 Å². The summed E-state index contributed by atoms with van der Waals surface area (Å²) in [5, 5.41) is 11.9. The average Bonchev–Trinajstić information content (AvgIpc) is 2.45. The fourth-order valence-corrected chi connectivity index (χ4v) is 2.49. The zero-order valence-corrected chi connectivity index (χ0v) is 12.9. The molecule has 3 N–H and O–H groups in total. The van der Waals surface area contributed by atoms with Crippen LogP contribution in [0, 0.1) is 0 Å². The van der Waals surface area contributed by atoms with Gasteiger partial charge < -0.3 is 15.7 Å². The van der Waals surface area contributed by atoms with Gasteiger partial charge in [-0.1, -0.05) is 42.5 Å². The third-order valence-corrected chi connectivity index (χ3v) is 3.78. The van der Waals surface area contributed by atoms with Crippen LogP contribution in [-0.2, 0) is 0 Å². The molecule has 110 valence electrons. The second kappa shape index (κ2) is 6.10. The first-order chi connectivity index (χ1) is 9.91. The molecule has 21 heavy (non-hydrogen) atoms. The van der Waals surface area contributed by atoms with Crippen LogP contribution in [0.4, 0.5) is 0 Å². The minimum atomic E-state index is -0.248. The highest BCUT2D eigenvalue weighted by Crippen LogP contribution is 2.29. The van der Waals surface area contributed by atoms with Crippen LogP contribution < -0.4 is 5.73 Å². The maximum Gasteiger partial charge on any atom is 0.257 e. The second-order valence-electron chi connectivity index (χ2n) is 5.12. The van der Waals surface area contributed by atoms with Gasteiger partial charge in [0.25, 0.3) is 5.91 Å². The van der Waals surface area contributed by atoms with E-state index in [-0.39, 0.29) is 23.3 Å². The minimum Gasteiger partial charge on any atom is -0.506 e. The van der Waals surface area contributed by atoms with E-state index in [0.29, 0.717) is 16.8 Å². The lowest BCUT2D eigenvalue weighted by atomic mass is 10.0. The molecule has 1 amide bonds. The number of nitrogens with two attached hydrogens (primary N) is 1. The molecule has 0 radical (unpaired) electrons. The Hall–Kier alpha value is -2.14. The first-order valence-corrected chi connectivity index (χ1v) is 7.08. The molecule has 5 heteroatoms. The van der Waals surface area contributed by atoms with E-state index in [1.165, 1.54) is 0 Å². The monoisotopic (exact) mass is 302 g/mol. The third kappa shape index (κ3) is 3.13. The Bertz CT molecular complexity index is 700.